The van der Waals surface area contributed by atoms with Crippen molar-refractivity contribution in [2.75, 3.05) is 11.4 Å². The van der Waals surface area contributed by atoms with Crippen molar-refractivity contribution in [3.8, 4) is 0 Å². The number of aliphatic hydroxyl groups excluding tert-OH is 1. The largest absolute Gasteiger partial charge is 0.392 e. The molecule has 2 heteroatoms. The van der Waals surface area contributed by atoms with Crippen molar-refractivity contribution in [2.45, 2.75) is 20.0 Å². The Kier molecular flexibility index (Phi) is 3.26. The second-order valence-corrected chi connectivity index (χ2v) is 5.37. The van der Waals surface area contributed by atoms with E-state index < -0.39 is 0 Å². The number of hydrogen-bond acceptors (Lipinski definition) is 2. The Morgan fingerprint density at radius 3 is 2.58 bits per heavy atom. The number of hydrogen-bond donors (Lipinski definition) is 1. The van der Waals surface area contributed by atoms with E-state index in [1.54, 1.807) is 0 Å². The lowest BCUT2D eigenvalue weighted by Crippen LogP contribution is -2.30. The summed E-state index contributed by atoms with van der Waals surface area (Å²) < 4.78 is 0. The fourth-order valence-electron chi connectivity index (χ4n) is 2.82. The fraction of sp³-hybridized carbons (Fsp3) is 0.294. The quantitative estimate of drug-likeness (QED) is 0.885. The van der Waals surface area contributed by atoms with Crippen molar-refractivity contribution < 1.29 is 5.11 Å². The second kappa shape index (κ2) is 5.06. The third kappa shape index (κ3) is 2.36. The average molecular weight is 253 g/mol. The maximum absolute atomic E-state index is 9.13. The lowest BCUT2D eigenvalue weighted by Gasteiger charge is -2.35. The van der Waals surface area contributed by atoms with Crippen LogP contribution in [0.1, 0.15) is 18.1 Å². The lowest BCUT2D eigenvalue weighted by atomic mass is 9.93. The minimum atomic E-state index is 0.104. The number of para-hydroxylation sites is 1. The van der Waals surface area contributed by atoms with Crippen LogP contribution in [0, 0.1) is 5.92 Å². The Morgan fingerprint density at radius 2 is 1.84 bits per heavy atom. The molecule has 1 atom stereocenters. The number of anilines is 2. The summed E-state index contributed by atoms with van der Waals surface area (Å²) in [5.74, 6) is 0.660. The summed E-state index contributed by atoms with van der Waals surface area (Å²) in [5, 5.41) is 9.13. The lowest BCUT2D eigenvalue weighted by molar-refractivity contribution is 0.282. The monoisotopic (exact) mass is 253 g/mol. The molecule has 0 amide bonds. The predicted molar refractivity (Wildman–Crippen MR) is 78.7 cm³/mol. The van der Waals surface area contributed by atoms with Crippen molar-refractivity contribution in [3.05, 3.63) is 59.7 Å². The van der Waals surface area contributed by atoms with Crippen LogP contribution in [0.5, 0.6) is 0 Å². The van der Waals surface area contributed by atoms with Crippen LogP contribution >= 0.6 is 0 Å². The highest BCUT2D eigenvalue weighted by molar-refractivity contribution is 5.68. The van der Waals surface area contributed by atoms with Crippen molar-refractivity contribution >= 4 is 11.4 Å². The SMILES string of the molecule is CC1Cc2ccccc2N(c2ccc(CO)cc2)C1. The number of aliphatic hydroxyl groups is 1. The van der Waals surface area contributed by atoms with Gasteiger partial charge in [-0.25, -0.2) is 0 Å². The Balaban J connectivity index is 1.99. The van der Waals surface area contributed by atoms with Gasteiger partial charge >= 0.3 is 0 Å². The minimum absolute atomic E-state index is 0.104. The highest BCUT2D eigenvalue weighted by Gasteiger charge is 2.22. The molecular formula is C17H19NO. The van der Waals surface area contributed by atoms with E-state index in [1.807, 2.05) is 12.1 Å². The van der Waals surface area contributed by atoms with Crippen LogP contribution in [0.2, 0.25) is 0 Å². The second-order valence-electron chi connectivity index (χ2n) is 5.37. The van der Waals surface area contributed by atoms with Crippen molar-refractivity contribution in [1.82, 2.24) is 0 Å². The third-order valence-electron chi connectivity index (χ3n) is 3.78. The van der Waals surface area contributed by atoms with Crippen molar-refractivity contribution in [1.29, 1.82) is 0 Å². The summed E-state index contributed by atoms with van der Waals surface area (Å²) in [6.07, 6.45) is 1.15. The zero-order valence-electron chi connectivity index (χ0n) is 11.2. The summed E-state index contributed by atoms with van der Waals surface area (Å²) in [6.45, 7) is 3.45. The minimum Gasteiger partial charge on any atom is -0.392 e. The Morgan fingerprint density at radius 1 is 1.11 bits per heavy atom. The van der Waals surface area contributed by atoms with Gasteiger partial charge in [-0.1, -0.05) is 37.3 Å². The highest BCUT2D eigenvalue weighted by Crippen LogP contribution is 2.35. The molecule has 2 nitrogen and oxygen atoms in total. The van der Waals surface area contributed by atoms with Gasteiger partial charge in [0.05, 0.1) is 6.61 Å². The average Bonchev–Trinajstić information content (AvgIpc) is 2.46. The number of fused-ring (bicyclic) bond motifs is 1. The van der Waals surface area contributed by atoms with Crippen LogP contribution in [0.3, 0.4) is 0 Å². The van der Waals surface area contributed by atoms with Crippen molar-refractivity contribution in [3.63, 3.8) is 0 Å². The first-order chi connectivity index (χ1) is 9.28. The first-order valence-corrected chi connectivity index (χ1v) is 6.83. The first kappa shape index (κ1) is 12.2. The van der Waals surface area contributed by atoms with Gasteiger partial charge in [0.2, 0.25) is 0 Å². The highest BCUT2D eigenvalue weighted by atomic mass is 16.3. The molecule has 1 heterocycles. The Bertz CT molecular complexity index is 562. The third-order valence-corrected chi connectivity index (χ3v) is 3.78. The molecule has 1 N–H and O–H groups in total. The molecule has 98 valence electrons. The van der Waals surface area contributed by atoms with Crippen LogP contribution in [-0.4, -0.2) is 11.7 Å². The Labute approximate surface area is 114 Å². The van der Waals surface area contributed by atoms with E-state index >= 15 is 0 Å². The molecular weight excluding hydrogens is 234 g/mol. The van der Waals surface area contributed by atoms with Crippen LogP contribution in [0.4, 0.5) is 11.4 Å². The molecule has 0 fully saturated rings. The molecule has 0 saturated carbocycles. The van der Waals surface area contributed by atoms with Crippen LogP contribution in [0.15, 0.2) is 48.5 Å². The van der Waals surface area contributed by atoms with Gasteiger partial charge < -0.3 is 10.0 Å². The topological polar surface area (TPSA) is 23.5 Å². The van der Waals surface area contributed by atoms with E-state index in [-0.39, 0.29) is 6.61 Å². The van der Waals surface area contributed by atoms with Gasteiger partial charge in [-0.3, -0.25) is 0 Å². The summed E-state index contributed by atoms with van der Waals surface area (Å²) in [6, 6.07) is 16.8. The summed E-state index contributed by atoms with van der Waals surface area (Å²) in [4.78, 5) is 2.38. The van der Waals surface area contributed by atoms with Gasteiger partial charge in [0.15, 0.2) is 0 Å². The van der Waals surface area contributed by atoms with Gasteiger partial charge in [0, 0.05) is 17.9 Å². The smallest absolute Gasteiger partial charge is 0.0681 e. The standard InChI is InChI=1S/C17H19NO/c1-13-10-15-4-2-3-5-17(15)18(11-13)16-8-6-14(12-19)7-9-16/h2-9,13,19H,10-12H2,1H3. The maximum Gasteiger partial charge on any atom is 0.0681 e. The molecule has 1 aliphatic rings. The van der Waals surface area contributed by atoms with Gasteiger partial charge in [-0.15, -0.1) is 0 Å². The fourth-order valence-corrected chi connectivity index (χ4v) is 2.82. The normalized spacial score (nSPS) is 18.2. The van der Waals surface area contributed by atoms with Crippen molar-refractivity contribution in [2.24, 2.45) is 5.92 Å². The molecule has 0 bridgehead atoms. The van der Waals surface area contributed by atoms with Gasteiger partial charge in [-0.05, 0) is 41.7 Å². The molecule has 0 spiro atoms. The van der Waals surface area contributed by atoms with Gasteiger partial charge in [0.25, 0.3) is 0 Å². The molecule has 3 rings (SSSR count). The molecule has 0 radical (unpaired) electrons. The Hall–Kier alpha value is -1.80. The zero-order chi connectivity index (χ0) is 13.2. The first-order valence-electron chi connectivity index (χ1n) is 6.83. The van der Waals surface area contributed by atoms with E-state index in [0.29, 0.717) is 5.92 Å². The number of benzene rings is 2. The molecule has 0 aromatic heterocycles. The van der Waals surface area contributed by atoms with Crippen LogP contribution < -0.4 is 4.90 Å². The van der Waals surface area contributed by atoms with E-state index in [4.69, 9.17) is 5.11 Å². The summed E-state index contributed by atoms with van der Waals surface area (Å²) in [5.41, 5.74) is 4.91. The van der Waals surface area contributed by atoms with E-state index in [0.717, 1.165) is 18.5 Å². The van der Waals surface area contributed by atoms with E-state index in [1.165, 1.54) is 16.9 Å². The van der Waals surface area contributed by atoms with E-state index in [2.05, 4.69) is 48.2 Å². The van der Waals surface area contributed by atoms with E-state index in [9.17, 15) is 0 Å². The van der Waals surface area contributed by atoms with Gasteiger partial charge in [0.1, 0.15) is 0 Å². The van der Waals surface area contributed by atoms with Gasteiger partial charge in [-0.2, -0.15) is 0 Å². The molecule has 0 aliphatic carbocycles. The maximum atomic E-state index is 9.13. The van der Waals surface area contributed by atoms with Crippen LogP contribution in [0.25, 0.3) is 0 Å². The summed E-state index contributed by atoms with van der Waals surface area (Å²) in [7, 11) is 0. The zero-order valence-corrected chi connectivity index (χ0v) is 11.2. The molecule has 1 aliphatic heterocycles. The molecule has 2 aromatic rings. The van der Waals surface area contributed by atoms with Crippen LogP contribution in [-0.2, 0) is 13.0 Å². The molecule has 19 heavy (non-hydrogen) atoms. The molecule has 0 saturated heterocycles. The predicted octanol–water partition coefficient (Wildman–Crippen LogP) is 3.51. The number of rotatable bonds is 2. The molecule has 2 aromatic carbocycles. The number of nitrogens with zero attached hydrogens (tertiary/aromatic N) is 1. The summed E-state index contributed by atoms with van der Waals surface area (Å²) >= 11 is 0. The molecule has 1 unspecified atom stereocenters.